The summed E-state index contributed by atoms with van der Waals surface area (Å²) in [5.74, 6) is 0. The van der Waals surface area contributed by atoms with E-state index in [2.05, 4.69) is 0 Å². The Morgan fingerprint density at radius 1 is 1.46 bits per heavy atom. The molecular formula is C9H18NO3+. The number of carboxylic acid groups (broad SMARTS) is 1. The van der Waals surface area contributed by atoms with E-state index in [1.54, 1.807) is 0 Å². The Morgan fingerprint density at radius 3 is 2.15 bits per heavy atom. The van der Waals surface area contributed by atoms with Crippen LogP contribution in [0.4, 0.5) is 4.79 Å². The predicted molar refractivity (Wildman–Crippen MR) is 48.4 cm³/mol. The number of hydrogen-bond donors (Lipinski definition) is 2. The zero-order valence-corrected chi connectivity index (χ0v) is 8.45. The van der Waals surface area contributed by atoms with Crippen LogP contribution in [0, 0.1) is 0 Å². The van der Waals surface area contributed by atoms with Crippen molar-refractivity contribution in [1.29, 1.82) is 0 Å². The van der Waals surface area contributed by atoms with Gasteiger partial charge in [-0.2, -0.15) is 4.79 Å². The smallest absolute Gasteiger partial charge is 0.435 e. The molecule has 1 heterocycles. The number of nitrogens with zero attached hydrogens (tertiary/aromatic N) is 1. The number of carbonyl (C=O) groups is 1. The fourth-order valence-corrected chi connectivity index (χ4v) is 1.98. The van der Waals surface area contributed by atoms with Crippen molar-refractivity contribution in [1.82, 2.24) is 0 Å². The Balaban J connectivity index is 2.97. The summed E-state index contributed by atoms with van der Waals surface area (Å²) in [6.07, 6.45) is -0.705. The summed E-state index contributed by atoms with van der Waals surface area (Å²) in [5, 5.41) is 18.6. The fourth-order valence-electron chi connectivity index (χ4n) is 1.98. The van der Waals surface area contributed by atoms with Crippen molar-refractivity contribution in [3.63, 3.8) is 0 Å². The van der Waals surface area contributed by atoms with E-state index in [1.807, 2.05) is 20.8 Å². The van der Waals surface area contributed by atoms with Gasteiger partial charge in [0, 0.05) is 6.42 Å². The molecule has 1 rings (SSSR count). The molecular weight excluding hydrogens is 170 g/mol. The minimum Gasteiger partial charge on any atom is -0.435 e. The Hall–Kier alpha value is -0.610. The van der Waals surface area contributed by atoms with Crippen LogP contribution in [0.25, 0.3) is 0 Å². The second-order valence-corrected chi connectivity index (χ2v) is 4.77. The standard InChI is InChI=1S/C9H17NO3/c1-9(2,3)10(8(12)13)5-4-7(11)6-10/h7,11H,4-6H2,1-3H3/p+1/t7-,10?/m1/s1. The zero-order valence-electron chi connectivity index (χ0n) is 8.45. The molecule has 13 heavy (non-hydrogen) atoms. The molecule has 0 aromatic rings. The number of likely N-dealkylation sites (tertiary alicyclic amines) is 1. The monoisotopic (exact) mass is 188 g/mol. The van der Waals surface area contributed by atoms with Gasteiger partial charge < -0.3 is 10.2 Å². The summed E-state index contributed by atoms with van der Waals surface area (Å²) < 4.78 is -0.0197. The first-order chi connectivity index (χ1) is 5.79. The molecule has 1 amide bonds. The molecule has 0 aromatic carbocycles. The highest BCUT2D eigenvalue weighted by atomic mass is 16.4. The Labute approximate surface area is 78.4 Å². The van der Waals surface area contributed by atoms with Crippen LogP contribution in [0.1, 0.15) is 27.2 Å². The van der Waals surface area contributed by atoms with Crippen LogP contribution >= 0.6 is 0 Å². The fraction of sp³-hybridized carbons (Fsp3) is 0.889. The lowest BCUT2D eigenvalue weighted by Gasteiger charge is -2.40. The number of quaternary nitrogens is 1. The minimum atomic E-state index is -0.830. The summed E-state index contributed by atoms with van der Waals surface area (Å²) in [6, 6.07) is 0. The molecule has 1 fully saturated rings. The van der Waals surface area contributed by atoms with Gasteiger partial charge in [-0.3, -0.25) is 0 Å². The van der Waals surface area contributed by atoms with Crippen LogP contribution < -0.4 is 0 Å². The number of rotatable bonds is 0. The summed E-state index contributed by atoms with van der Waals surface area (Å²) in [4.78, 5) is 11.2. The highest BCUT2D eigenvalue weighted by Crippen LogP contribution is 2.31. The molecule has 4 nitrogen and oxygen atoms in total. The Kier molecular flexibility index (Phi) is 2.38. The first kappa shape index (κ1) is 10.5. The number of amides is 1. The van der Waals surface area contributed by atoms with E-state index >= 15 is 0 Å². The number of aliphatic hydroxyl groups is 1. The van der Waals surface area contributed by atoms with Gasteiger partial charge in [-0.05, 0) is 20.8 Å². The molecule has 4 heteroatoms. The van der Waals surface area contributed by atoms with Gasteiger partial charge in [0.25, 0.3) is 0 Å². The van der Waals surface area contributed by atoms with E-state index in [-0.39, 0.29) is 10.0 Å². The van der Waals surface area contributed by atoms with E-state index in [4.69, 9.17) is 0 Å². The second-order valence-electron chi connectivity index (χ2n) is 4.77. The van der Waals surface area contributed by atoms with Gasteiger partial charge >= 0.3 is 6.09 Å². The van der Waals surface area contributed by atoms with E-state index in [1.165, 1.54) is 0 Å². The maximum absolute atomic E-state index is 11.2. The van der Waals surface area contributed by atoms with Crippen LogP contribution in [0.3, 0.4) is 0 Å². The van der Waals surface area contributed by atoms with Crippen molar-refractivity contribution < 1.29 is 19.5 Å². The van der Waals surface area contributed by atoms with Crippen LogP contribution in [0.5, 0.6) is 0 Å². The molecule has 2 N–H and O–H groups in total. The van der Waals surface area contributed by atoms with E-state index < -0.39 is 12.2 Å². The predicted octanol–water partition coefficient (Wildman–Crippen LogP) is 1.04. The molecule has 0 radical (unpaired) electrons. The zero-order chi connectivity index (χ0) is 10.3. The van der Waals surface area contributed by atoms with Crippen molar-refractivity contribution in [2.24, 2.45) is 0 Å². The van der Waals surface area contributed by atoms with Gasteiger partial charge in [0.1, 0.15) is 18.2 Å². The van der Waals surface area contributed by atoms with Crippen molar-refractivity contribution in [2.45, 2.75) is 38.8 Å². The van der Waals surface area contributed by atoms with Crippen molar-refractivity contribution in [2.75, 3.05) is 13.1 Å². The molecule has 1 saturated heterocycles. The topological polar surface area (TPSA) is 57.5 Å². The Bertz CT molecular complexity index is 221. The summed E-state index contributed by atoms with van der Waals surface area (Å²) in [5.41, 5.74) is -0.344. The highest BCUT2D eigenvalue weighted by molar-refractivity contribution is 5.57. The summed E-state index contributed by atoms with van der Waals surface area (Å²) >= 11 is 0. The van der Waals surface area contributed by atoms with Gasteiger partial charge in [0.05, 0.1) is 6.54 Å². The van der Waals surface area contributed by atoms with Gasteiger partial charge in [-0.25, -0.2) is 4.48 Å². The molecule has 0 aliphatic carbocycles. The summed E-state index contributed by atoms with van der Waals surface area (Å²) in [6.45, 7) is 6.57. The van der Waals surface area contributed by atoms with Gasteiger partial charge in [-0.15, -0.1) is 0 Å². The third kappa shape index (κ3) is 1.56. The van der Waals surface area contributed by atoms with Gasteiger partial charge in [0.2, 0.25) is 0 Å². The van der Waals surface area contributed by atoms with Crippen molar-refractivity contribution in [3.05, 3.63) is 0 Å². The molecule has 0 saturated carbocycles. The molecule has 2 atom stereocenters. The van der Waals surface area contributed by atoms with Crippen LogP contribution in [-0.4, -0.2) is 45.5 Å². The van der Waals surface area contributed by atoms with Crippen LogP contribution in [0.15, 0.2) is 0 Å². The molecule has 76 valence electrons. The number of aliphatic hydroxyl groups excluding tert-OH is 1. The molecule has 1 aliphatic rings. The quantitative estimate of drug-likeness (QED) is 0.558. The average molecular weight is 188 g/mol. The minimum absolute atomic E-state index is 0.0197. The van der Waals surface area contributed by atoms with E-state index in [0.717, 1.165) is 0 Å². The van der Waals surface area contributed by atoms with Crippen LogP contribution in [0.2, 0.25) is 0 Å². The molecule has 1 unspecified atom stereocenters. The summed E-state index contributed by atoms with van der Waals surface area (Å²) in [7, 11) is 0. The molecule has 0 aromatic heterocycles. The first-order valence-electron chi connectivity index (χ1n) is 4.58. The number of hydrogen-bond acceptors (Lipinski definition) is 2. The SMILES string of the molecule is CC(C)(C)[N+]1(C(=O)O)CC[C@@H](O)C1. The first-order valence-corrected chi connectivity index (χ1v) is 4.58. The molecule has 1 aliphatic heterocycles. The van der Waals surface area contributed by atoms with Gasteiger partial charge in [0.15, 0.2) is 0 Å². The second kappa shape index (κ2) is 2.96. The van der Waals surface area contributed by atoms with Crippen molar-refractivity contribution in [3.8, 4) is 0 Å². The maximum Gasteiger partial charge on any atom is 0.514 e. The van der Waals surface area contributed by atoms with E-state index in [0.29, 0.717) is 19.5 Å². The lowest BCUT2D eigenvalue weighted by molar-refractivity contribution is -0.893. The van der Waals surface area contributed by atoms with E-state index in [9.17, 15) is 15.0 Å². The Morgan fingerprint density at radius 2 is 2.00 bits per heavy atom. The van der Waals surface area contributed by atoms with Gasteiger partial charge in [-0.1, -0.05) is 0 Å². The third-order valence-electron chi connectivity index (χ3n) is 3.02. The average Bonchev–Trinajstić information content (AvgIpc) is 2.30. The normalized spacial score (nSPS) is 34.9. The third-order valence-corrected chi connectivity index (χ3v) is 3.02. The highest BCUT2D eigenvalue weighted by Gasteiger charge is 2.52. The molecule has 0 spiro atoms. The largest absolute Gasteiger partial charge is 0.514 e. The lowest BCUT2D eigenvalue weighted by Crippen LogP contribution is -2.62. The van der Waals surface area contributed by atoms with Crippen LogP contribution in [-0.2, 0) is 0 Å². The maximum atomic E-state index is 11.2. The molecule has 0 bridgehead atoms. The van der Waals surface area contributed by atoms with Crippen molar-refractivity contribution >= 4 is 6.09 Å². The lowest BCUT2D eigenvalue weighted by atomic mass is 10.0.